The number of nitrogens with one attached hydrogen (secondary N) is 1. The second-order valence-electron chi connectivity index (χ2n) is 4.29. The third-order valence-electron chi connectivity index (χ3n) is 2.98. The number of alkyl halides is 1. The molecule has 0 bridgehead atoms. The summed E-state index contributed by atoms with van der Waals surface area (Å²) in [5, 5.41) is -0.362. The lowest BCUT2D eigenvalue weighted by Crippen LogP contribution is -2.33. The van der Waals surface area contributed by atoms with E-state index in [0.29, 0.717) is 37.6 Å². The van der Waals surface area contributed by atoms with Crippen LogP contribution in [0.1, 0.15) is 18.4 Å². The highest BCUT2D eigenvalue weighted by atomic mass is 35.5. The van der Waals surface area contributed by atoms with E-state index in [1.807, 2.05) is 12.1 Å². The molecule has 1 aromatic rings. The Labute approximate surface area is 112 Å². The summed E-state index contributed by atoms with van der Waals surface area (Å²) in [5.74, 6) is 0.424. The summed E-state index contributed by atoms with van der Waals surface area (Å²) >= 11 is 5.68. The van der Waals surface area contributed by atoms with Gasteiger partial charge in [-0.1, -0.05) is 12.1 Å². The molecule has 100 valence electrons. The molecule has 0 amide bonds. The number of halogens is 1. The molecule has 4 nitrogen and oxygen atoms in total. The summed E-state index contributed by atoms with van der Waals surface area (Å²) < 4.78 is 32.0. The lowest BCUT2D eigenvalue weighted by molar-refractivity contribution is 0.0984. The molecule has 1 aliphatic rings. The number of hydrogen-bond donors (Lipinski definition) is 1. The van der Waals surface area contributed by atoms with E-state index >= 15 is 0 Å². The highest BCUT2D eigenvalue weighted by molar-refractivity contribution is 7.93. The second-order valence-corrected chi connectivity index (χ2v) is 6.52. The number of sulfonamides is 1. The quantitative estimate of drug-likeness (QED) is 0.866. The van der Waals surface area contributed by atoms with Crippen molar-refractivity contribution >= 4 is 27.3 Å². The molecule has 6 heteroatoms. The molecule has 0 spiro atoms. The van der Waals surface area contributed by atoms with Gasteiger partial charge < -0.3 is 4.74 Å². The summed E-state index contributed by atoms with van der Waals surface area (Å²) in [6, 6.07) is 7.09. The third-order valence-corrected chi connectivity index (χ3v) is 5.15. The first-order valence-corrected chi connectivity index (χ1v) is 7.94. The van der Waals surface area contributed by atoms with Gasteiger partial charge in [0.25, 0.3) is 0 Å². The molecule has 1 aliphatic heterocycles. The van der Waals surface area contributed by atoms with E-state index in [2.05, 4.69) is 4.72 Å². The maximum absolute atomic E-state index is 12.1. The van der Waals surface area contributed by atoms with E-state index in [1.54, 1.807) is 12.1 Å². The number of hydrogen-bond acceptors (Lipinski definition) is 3. The fourth-order valence-electron chi connectivity index (χ4n) is 1.90. The topological polar surface area (TPSA) is 55.4 Å². The van der Waals surface area contributed by atoms with Crippen molar-refractivity contribution in [1.82, 2.24) is 0 Å². The number of rotatable bonds is 4. The Morgan fingerprint density at radius 2 is 1.83 bits per heavy atom. The Hall–Kier alpha value is -0.780. The zero-order valence-corrected chi connectivity index (χ0v) is 11.5. The molecule has 0 saturated carbocycles. The molecule has 1 heterocycles. The van der Waals surface area contributed by atoms with Crippen molar-refractivity contribution in [2.75, 3.05) is 17.9 Å². The van der Waals surface area contributed by atoms with E-state index in [1.165, 1.54) is 0 Å². The lowest BCUT2D eigenvalue weighted by atomic mass is 10.2. The molecule has 1 saturated heterocycles. The predicted molar refractivity (Wildman–Crippen MR) is 72.4 cm³/mol. The minimum atomic E-state index is -3.32. The van der Waals surface area contributed by atoms with Crippen molar-refractivity contribution in [3.8, 4) is 0 Å². The summed E-state index contributed by atoms with van der Waals surface area (Å²) in [5.41, 5.74) is 1.54. The number of ether oxygens (including phenoxy) is 1. The minimum Gasteiger partial charge on any atom is -0.381 e. The molecule has 1 N–H and O–H groups in total. The van der Waals surface area contributed by atoms with E-state index < -0.39 is 10.0 Å². The normalized spacial score (nSPS) is 17.6. The smallest absolute Gasteiger partial charge is 0.235 e. The zero-order valence-electron chi connectivity index (χ0n) is 9.93. The number of anilines is 1. The van der Waals surface area contributed by atoms with Crippen molar-refractivity contribution in [2.24, 2.45) is 0 Å². The van der Waals surface area contributed by atoms with Crippen LogP contribution in [0.5, 0.6) is 0 Å². The maximum Gasteiger partial charge on any atom is 0.235 e. The van der Waals surface area contributed by atoms with Crippen LogP contribution in [-0.4, -0.2) is 26.9 Å². The highest BCUT2D eigenvalue weighted by Gasteiger charge is 2.27. The van der Waals surface area contributed by atoms with Gasteiger partial charge in [-0.05, 0) is 30.5 Å². The van der Waals surface area contributed by atoms with E-state index in [9.17, 15) is 8.42 Å². The third kappa shape index (κ3) is 3.37. The first-order valence-electron chi connectivity index (χ1n) is 5.86. The molecule has 18 heavy (non-hydrogen) atoms. The van der Waals surface area contributed by atoms with Crippen molar-refractivity contribution in [3.63, 3.8) is 0 Å². The summed E-state index contributed by atoms with van der Waals surface area (Å²) in [7, 11) is -3.32. The first-order chi connectivity index (χ1) is 8.62. The van der Waals surface area contributed by atoms with Crippen LogP contribution >= 0.6 is 11.6 Å². The fraction of sp³-hybridized carbons (Fsp3) is 0.500. The van der Waals surface area contributed by atoms with Crippen LogP contribution in [0, 0.1) is 0 Å². The molecule has 0 unspecified atom stereocenters. The van der Waals surface area contributed by atoms with Crippen LogP contribution in [-0.2, 0) is 20.6 Å². The van der Waals surface area contributed by atoms with Gasteiger partial charge in [-0.25, -0.2) is 8.42 Å². The van der Waals surface area contributed by atoms with Crippen molar-refractivity contribution in [1.29, 1.82) is 0 Å². The Morgan fingerprint density at radius 3 is 2.39 bits per heavy atom. The molecule has 1 fully saturated rings. The molecule has 0 radical (unpaired) electrons. The standard InChI is InChI=1S/C12H16ClNO3S/c13-9-10-1-3-11(4-2-10)14-18(15,16)12-5-7-17-8-6-12/h1-4,12,14H,5-9H2. The Balaban J connectivity index is 2.06. The first kappa shape index (κ1) is 13.6. The molecule has 0 aliphatic carbocycles. The second kappa shape index (κ2) is 5.91. The van der Waals surface area contributed by atoms with Crippen LogP contribution in [0.2, 0.25) is 0 Å². The van der Waals surface area contributed by atoms with Gasteiger partial charge in [0.05, 0.1) is 5.25 Å². The van der Waals surface area contributed by atoms with Gasteiger partial charge in [-0.3, -0.25) is 4.72 Å². The van der Waals surface area contributed by atoms with Crippen LogP contribution < -0.4 is 4.72 Å². The fourth-order valence-corrected chi connectivity index (χ4v) is 3.52. The predicted octanol–water partition coefficient (Wildman–Crippen LogP) is 2.35. The van der Waals surface area contributed by atoms with Crippen molar-refractivity contribution in [2.45, 2.75) is 24.0 Å². The Morgan fingerprint density at radius 1 is 1.22 bits per heavy atom. The molecular weight excluding hydrogens is 274 g/mol. The van der Waals surface area contributed by atoms with Crippen LogP contribution in [0.3, 0.4) is 0 Å². The SMILES string of the molecule is O=S(=O)(Nc1ccc(CCl)cc1)C1CCOCC1. The van der Waals surface area contributed by atoms with Crippen LogP contribution in [0.25, 0.3) is 0 Å². The average molecular weight is 290 g/mol. The van der Waals surface area contributed by atoms with E-state index in [4.69, 9.17) is 16.3 Å². The lowest BCUT2D eigenvalue weighted by Gasteiger charge is -2.22. The zero-order chi connectivity index (χ0) is 13.0. The molecule has 1 aromatic carbocycles. The van der Waals surface area contributed by atoms with Gasteiger partial charge in [-0.15, -0.1) is 11.6 Å². The van der Waals surface area contributed by atoms with Crippen molar-refractivity contribution in [3.05, 3.63) is 29.8 Å². The summed E-state index contributed by atoms with van der Waals surface area (Å²) in [4.78, 5) is 0. The molecule has 0 aromatic heterocycles. The van der Waals surface area contributed by atoms with Gasteiger partial charge in [0.2, 0.25) is 10.0 Å². The van der Waals surface area contributed by atoms with Gasteiger partial charge in [0.1, 0.15) is 0 Å². The summed E-state index contributed by atoms with van der Waals surface area (Å²) in [6.07, 6.45) is 1.10. The van der Waals surface area contributed by atoms with E-state index in [-0.39, 0.29) is 5.25 Å². The molecular formula is C12H16ClNO3S. The van der Waals surface area contributed by atoms with Gasteiger partial charge in [-0.2, -0.15) is 0 Å². The molecule has 0 atom stereocenters. The van der Waals surface area contributed by atoms with Gasteiger partial charge in [0.15, 0.2) is 0 Å². The average Bonchev–Trinajstić information content (AvgIpc) is 2.40. The van der Waals surface area contributed by atoms with Crippen LogP contribution in [0.4, 0.5) is 5.69 Å². The van der Waals surface area contributed by atoms with Crippen LogP contribution in [0.15, 0.2) is 24.3 Å². The Bertz CT molecular complexity index is 481. The maximum atomic E-state index is 12.1. The molecule has 2 rings (SSSR count). The largest absolute Gasteiger partial charge is 0.381 e. The minimum absolute atomic E-state index is 0.362. The number of benzene rings is 1. The summed E-state index contributed by atoms with van der Waals surface area (Å²) in [6.45, 7) is 1.02. The monoisotopic (exact) mass is 289 g/mol. The van der Waals surface area contributed by atoms with Gasteiger partial charge in [0, 0.05) is 24.8 Å². The highest BCUT2D eigenvalue weighted by Crippen LogP contribution is 2.19. The van der Waals surface area contributed by atoms with Gasteiger partial charge >= 0.3 is 0 Å². The van der Waals surface area contributed by atoms with E-state index in [0.717, 1.165) is 5.56 Å². The Kier molecular flexibility index (Phi) is 4.48. The van der Waals surface area contributed by atoms with Crippen molar-refractivity contribution < 1.29 is 13.2 Å².